The van der Waals surface area contributed by atoms with Crippen molar-refractivity contribution < 1.29 is 14.6 Å². The fourth-order valence-corrected chi connectivity index (χ4v) is 1.03. The molecule has 0 unspecified atom stereocenters. The summed E-state index contributed by atoms with van der Waals surface area (Å²) in [4.78, 5) is 7.06. The molecule has 2 N–H and O–H groups in total. The van der Waals surface area contributed by atoms with Gasteiger partial charge in [-0.3, -0.25) is 0 Å². The topological polar surface area (TPSA) is 67.4 Å². The first-order valence-corrected chi connectivity index (χ1v) is 4.57. The summed E-state index contributed by atoms with van der Waals surface area (Å²) in [5.41, 5.74) is 0.733. The zero-order valence-corrected chi connectivity index (χ0v) is 8.32. The van der Waals surface area contributed by atoms with Gasteiger partial charge in [0.2, 0.25) is 0 Å². The summed E-state index contributed by atoms with van der Waals surface area (Å²) in [5, 5.41) is 8.77. The van der Waals surface area contributed by atoms with Crippen LogP contribution in [0.5, 0.6) is 0 Å². The molecular weight excluding hydrogens is 184 g/mol. The molecule has 1 heterocycles. The number of imidazole rings is 1. The van der Waals surface area contributed by atoms with Crippen LogP contribution in [0, 0.1) is 0 Å². The first-order valence-electron chi connectivity index (χ1n) is 4.57. The van der Waals surface area contributed by atoms with Gasteiger partial charge in [0.15, 0.2) is 0 Å². The van der Waals surface area contributed by atoms with Crippen LogP contribution in [0.15, 0.2) is 6.20 Å². The third-order valence-electron chi connectivity index (χ3n) is 1.77. The lowest BCUT2D eigenvalue weighted by Crippen LogP contribution is -2.05. The van der Waals surface area contributed by atoms with Crippen LogP contribution < -0.4 is 0 Å². The second-order valence-electron chi connectivity index (χ2n) is 2.87. The number of aliphatic hydroxyl groups excluding tert-OH is 1. The molecule has 1 aromatic heterocycles. The molecule has 0 aliphatic carbocycles. The Bertz CT molecular complexity index is 250. The SMILES string of the molecule is COCCOCCc1ncc(CO)[nH]1. The fourth-order valence-electron chi connectivity index (χ4n) is 1.03. The quantitative estimate of drug-likeness (QED) is 0.613. The Balaban J connectivity index is 2.12. The van der Waals surface area contributed by atoms with Crippen molar-refractivity contribution in [1.29, 1.82) is 0 Å². The molecule has 5 heteroatoms. The molecule has 1 aromatic rings. The zero-order chi connectivity index (χ0) is 10.2. The van der Waals surface area contributed by atoms with Crippen LogP contribution in [0.2, 0.25) is 0 Å². The standard InChI is InChI=1S/C9H16N2O3/c1-13-4-5-14-3-2-9-10-6-8(7-12)11-9/h6,12H,2-5,7H2,1H3,(H,10,11). The smallest absolute Gasteiger partial charge is 0.108 e. The number of rotatable bonds is 7. The second-order valence-corrected chi connectivity index (χ2v) is 2.87. The van der Waals surface area contributed by atoms with Gasteiger partial charge >= 0.3 is 0 Å². The minimum Gasteiger partial charge on any atom is -0.390 e. The maximum Gasteiger partial charge on any atom is 0.108 e. The van der Waals surface area contributed by atoms with E-state index in [0.717, 1.165) is 17.9 Å². The number of methoxy groups -OCH3 is 1. The first-order chi connectivity index (χ1) is 6.86. The molecule has 0 aromatic carbocycles. The van der Waals surface area contributed by atoms with Gasteiger partial charge in [0.1, 0.15) is 5.82 Å². The highest BCUT2D eigenvalue weighted by atomic mass is 16.5. The van der Waals surface area contributed by atoms with Gasteiger partial charge in [0, 0.05) is 13.5 Å². The number of aromatic amines is 1. The predicted molar refractivity (Wildman–Crippen MR) is 50.9 cm³/mol. The highest BCUT2D eigenvalue weighted by Gasteiger charge is 1.98. The molecule has 0 saturated carbocycles. The van der Waals surface area contributed by atoms with Crippen molar-refractivity contribution in [2.24, 2.45) is 0 Å². The molecule has 0 atom stereocenters. The summed E-state index contributed by atoms with van der Waals surface area (Å²) in [6, 6.07) is 0. The Morgan fingerprint density at radius 1 is 1.43 bits per heavy atom. The van der Waals surface area contributed by atoms with Gasteiger partial charge in [0.25, 0.3) is 0 Å². The van der Waals surface area contributed by atoms with Crippen LogP contribution in [0.1, 0.15) is 11.5 Å². The van der Waals surface area contributed by atoms with Crippen molar-refractivity contribution in [3.8, 4) is 0 Å². The number of ether oxygens (including phenoxy) is 2. The van der Waals surface area contributed by atoms with Gasteiger partial charge in [-0.1, -0.05) is 0 Å². The Kier molecular flexibility index (Phi) is 5.21. The monoisotopic (exact) mass is 200 g/mol. The van der Waals surface area contributed by atoms with E-state index in [1.54, 1.807) is 13.3 Å². The lowest BCUT2D eigenvalue weighted by Gasteiger charge is -2.01. The molecule has 0 fully saturated rings. The largest absolute Gasteiger partial charge is 0.390 e. The number of hydrogen-bond donors (Lipinski definition) is 2. The van der Waals surface area contributed by atoms with E-state index in [1.165, 1.54) is 0 Å². The Hall–Kier alpha value is -0.910. The van der Waals surface area contributed by atoms with E-state index in [2.05, 4.69) is 9.97 Å². The van der Waals surface area contributed by atoms with Crippen LogP contribution in [-0.4, -0.2) is 42.0 Å². The highest BCUT2D eigenvalue weighted by Crippen LogP contribution is 1.97. The van der Waals surface area contributed by atoms with E-state index in [-0.39, 0.29) is 6.61 Å². The third-order valence-corrected chi connectivity index (χ3v) is 1.77. The number of H-pyrrole nitrogens is 1. The van der Waals surface area contributed by atoms with Crippen molar-refractivity contribution in [3.05, 3.63) is 17.7 Å². The number of aromatic nitrogens is 2. The Morgan fingerprint density at radius 3 is 2.93 bits per heavy atom. The number of aliphatic hydroxyl groups is 1. The minimum absolute atomic E-state index is 0.00245. The summed E-state index contributed by atoms with van der Waals surface area (Å²) in [5.74, 6) is 0.839. The molecule has 0 aliphatic rings. The number of hydrogen-bond acceptors (Lipinski definition) is 4. The zero-order valence-electron chi connectivity index (χ0n) is 8.32. The molecule has 0 radical (unpaired) electrons. The number of nitrogens with zero attached hydrogens (tertiary/aromatic N) is 1. The minimum atomic E-state index is -0.00245. The van der Waals surface area contributed by atoms with Gasteiger partial charge in [-0.05, 0) is 0 Å². The second kappa shape index (κ2) is 6.53. The van der Waals surface area contributed by atoms with E-state index in [1.807, 2.05) is 0 Å². The van der Waals surface area contributed by atoms with Crippen molar-refractivity contribution in [3.63, 3.8) is 0 Å². The molecule has 0 spiro atoms. The first kappa shape index (κ1) is 11.2. The van der Waals surface area contributed by atoms with Crippen LogP contribution in [-0.2, 0) is 22.5 Å². The molecule has 1 rings (SSSR count). The normalized spacial score (nSPS) is 10.7. The molecule has 5 nitrogen and oxygen atoms in total. The maximum atomic E-state index is 8.77. The van der Waals surface area contributed by atoms with E-state index in [9.17, 15) is 0 Å². The van der Waals surface area contributed by atoms with Crippen LogP contribution in [0.25, 0.3) is 0 Å². The third kappa shape index (κ3) is 3.87. The van der Waals surface area contributed by atoms with Gasteiger partial charge in [0.05, 0.1) is 38.3 Å². The molecule has 0 bridgehead atoms. The van der Waals surface area contributed by atoms with Crippen molar-refractivity contribution in [2.45, 2.75) is 13.0 Å². The van der Waals surface area contributed by atoms with Crippen LogP contribution in [0.4, 0.5) is 0 Å². The Morgan fingerprint density at radius 2 is 2.29 bits per heavy atom. The van der Waals surface area contributed by atoms with Crippen molar-refractivity contribution in [1.82, 2.24) is 9.97 Å². The molecule has 80 valence electrons. The highest BCUT2D eigenvalue weighted by molar-refractivity contribution is 4.99. The predicted octanol–water partition coefficient (Wildman–Crippen LogP) is 0.108. The fraction of sp³-hybridized carbons (Fsp3) is 0.667. The van der Waals surface area contributed by atoms with Gasteiger partial charge in [-0.15, -0.1) is 0 Å². The van der Waals surface area contributed by atoms with Crippen molar-refractivity contribution >= 4 is 0 Å². The molecular formula is C9H16N2O3. The van der Waals surface area contributed by atoms with Gasteiger partial charge in [-0.25, -0.2) is 4.98 Å². The van der Waals surface area contributed by atoms with E-state index < -0.39 is 0 Å². The van der Waals surface area contributed by atoms with Crippen LogP contribution >= 0.6 is 0 Å². The maximum absolute atomic E-state index is 8.77. The van der Waals surface area contributed by atoms with Crippen LogP contribution in [0.3, 0.4) is 0 Å². The van der Waals surface area contributed by atoms with E-state index in [0.29, 0.717) is 19.8 Å². The van der Waals surface area contributed by atoms with Gasteiger partial charge < -0.3 is 19.6 Å². The summed E-state index contributed by atoms with van der Waals surface area (Å²) in [6.07, 6.45) is 2.36. The lowest BCUT2D eigenvalue weighted by atomic mass is 10.4. The molecule has 14 heavy (non-hydrogen) atoms. The summed E-state index contributed by atoms with van der Waals surface area (Å²) in [7, 11) is 1.64. The average molecular weight is 200 g/mol. The molecule has 0 amide bonds. The summed E-state index contributed by atoms with van der Waals surface area (Å²) < 4.78 is 10.1. The Labute approximate surface area is 83.1 Å². The molecule has 0 aliphatic heterocycles. The molecule has 0 saturated heterocycles. The average Bonchev–Trinajstić information content (AvgIpc) is 2.65. The van der Waals surface area contributed by atoms with Gasteiger partial charge in [-0.2, -0.15) is 0 Å². The van der Waals surface area contributed by atoms with E-state index in [4.69, 9.17) is 14.6 Å². The summed E-state index contributed by atoms with van der Waals surface area (Å²) in [6.45, 7) is 1.82. The lowest BCUT2D eigenvalue weighted by molar-refractivity contribution is 0.0717. The van der Waals surface area contributed by atoms with Crippen molar-refractivity contribution in [2.75, 3.05) is 26.9 Å². The summed E-state index contributed by atoms with van der Waals surface area (Å²) >= 11 is 0. The van der Waals surface area contributed by atoms with E-state index >= 15 is 0 Å². The number of nitrogens with one attached hydrogen (secondary N) is 1.